The topological polar surface area (TPSA) is 71.1 Å². The zero-order chi connectivity index (χ0) is 12.5. The van der Waals surface area contributed by atoms with Gasteiger partial charge in [0.25, 0.3) is 10.0 Å². The van der Waals surface area contributed by atoms with Crippen LogP contribution in [-0.2, 0) is 10.0 Å². The van der Waals surface area contributed by atoms with Crippen LogP contribution in [0.1, 0.15) is 26.7 Å². The Morgan fingerprint density at radius 2 is 2.18 bits per heavy atom. The summed E-state index contributed by atoms with van der Waals surface area (Å²) in [7, 11) is -3.53. The summed E-state index contributed by atoms with van der Waals surface area (Å²) in [5, 5.41) is 3.09. The van der Waals surface area contributed by atoms with Crippen LogP contribution in [0, 0.1) is 0 Å². The molecule has 17 heavy (non-hydrogen) atoms. The first-order valence-corrected chi connectivity index (χ1v) is 7.18. The fraction of sp³-hybridized carbons (Fsp3) is 0.545. The molecule has 0 amide bonds. The van der Waals surface area contributed by atoms with Crippen LogP contribution in [-0.4, -0.2) is 25.5 Å². The molecule has 1 saturated carbocycles. The van der Waals surface area contributed by atoms with Crippen molar-refractivity contribution >= 4 is 15.7 Å². The standard InChI is InChI=1S/C11H17N3O2S/c1-3-12-9-5-4-8-13-10(9)17(15,16)14-11(2)6-7-11/h4-5,8,12,14H,3,6-7H2,1-2H3. The van der Waals surface area contributed by atoms with E-state index in [-0.39, 0.29) is 10.6 Å². The molecule has 0 radical (unpaired) electrons. The number of anilines is 1. The fourth-order valence-corrected chi connectivity index (χ4v) is 3.17. The number of hydrogen-bond donors (Lipinski definition) is 2. The number of pyridine rings is 1. The average molecular weight is 255 g/mol. The molecule has 2 N–H and O–H groups in total. The zero-order valence-electron chi connectivity index (χ0n) is 10.0. The zero-order valence-corrected chi connectivity index (χ0v) is 10.8. The van der Waals surface area contributed by atoms with E-state index in [0.29, 0.717) is 12.2 Å². The van der Waals surface area contributed by atoms with E-state index in [1.165, 1.54) is 6.20 Å². The SMILES string of the molecule is CCNc1cccnc1S(=O)(=O)NC1(C)CC1. The molecule has 1 aliphatic rings. The van der Waals surface area contributed by atoms with Gasteiger partial charge in [-0.05, 0) is 38.8 Å². The van der Waals surface area contributed by atoms with Crippen molar-refractivity contribution in [3.05, 3.63) is 18.3 Å². The Morgan fingerprint density at radius 1 is 1.47 bits per heavy atom. The van der Waals surface area contributed by atoms with Crippen LogP contribution in [0.2, 0.25) is 0 Å². The summed E-state index contributed by atoms with van der Waals surface area (Å²) in [5.41, 5.74) is 0.270. The molecule has 0 saturated heterocycles. The number of aromatic nitrogens is 1. The minimum absolute atomic E-state index is 0.0787. The summed E-state index contributed by atoms with van der Waals surface area (Å²) in [5.74, 6) is 0. The van der Waals surface area contributed by atoms with Crippen LogP contribution in [0.3, 0.4) is 0 Å². The van der Waals surface area contributed by atoms with E-state index in [2.05, 4.69) is 15.0 Å². The lowest BCUT2D eigenvalue weighted by Crippen LogP contribution is -2.35. The van der Waals surface area contributed by atoms with Gasteiger partial charge in [0.2, 0.25) is 0 Å². The first-order chi connectivity index (χ1) is 7.97. The van der Waals surface area contributed by atoms with Crippen molar-refractivity contribution in [2.75, 3.05) is 11.9 Å². The number of nitrogens with zero attached hydrogens (tertiary/aromatic N) is 1. The second kappa shape index (κ2) is 4.27. The number of nitrogens with one attached hydrogen (secondary N) is 2. The largest absolute Gasteiger partial charge is 0.383 e. The Morgan fingerprint density at radius 3 is 2.76 bits per heavy atom. The number of hydrogen-bond acceptors (Lipinski definition) is 4. The van der Waals surface area contributed by atoms with E-state index in [1.807, 2.05) is 13.8 Å². The molecule has 6 heteroatoms. The van der Waals surface area contributed by atoms with Gasteiger partial charge >= 0.3 is 0 Å². The van der Waals surface area contributed by atoms with Crippen molar-refractivity contribution in [2.24, 2.45) is 0 Å². The lowest BCUT2D eigenvalue weighted by molar-refractivity contribution is 0.555. The van der Waals surface area contributed by atoms with E-state index in [4.69, 9.17) is 0 Å². The summed E-state index contributed by atoms with van der Waals surface area (Å²) in [6.07, 6.45) is 3.26. The van der Waals surface area contributed by atoms with E-state index < -0.39 is 10.0 Å². The Labute approximate surface area is 102 Å². The fourth-order valence-electron chi connectivity index (χ4n) is 1.59. The van der Waals surface area contributed by atoms with Gasteiger partial charge in [0.1, 0.15) is 0 Å². The van der Waals surface area contributed by atoms with Gasteiger partial charge in [0, 0.05) is 18.3 Å². The molecule has 94 valence electrons. The van der Waals surface area contributed by atoms with Gasteiger partial charge in [0.15, 0.2) is 5.03 Å². The van der Waals surface area contributed by atoms with E-state index in [1.54, 1.807) is 12.1 Å². The second-order valence-corrected chi connectivity index (χ2v) is 6.15. The smallest absolute Gasteiger partial charge is 0.260 e. The summed E-state index contributed by atoms with van der Waals surface area (Å²) >= 11 is 0. The molecule has 0 bridgehead atoms. The lowest BCUT2D eigenvalue weighted by Gasteiger charge is -2.14. The Balaban J connectivity index is 2.31. The molecule has 0 aliphatic heterocycles. The molecule has 1 aliphatic carbocycles. The van der Waals surface area contributed by atoms with Gasteiger partial charge < -0.3 is 5.32 Å². The lowest BCUT2D eigenvalue weighted by atomic mass is 10.4. The first kappa shape index (κ1) is 12.3. The molecule has 0 aromatic carbocycles. The van der Waals surface area contributed by atoms with Gasteiger partial charge in [0.05, 0.1) is 5.69 Å². The molecule has 5 nitrogen and oxygen atoms in total. The van der Waals surface area contributed by atoms with E-state index in [9.17, 15) is 8.42 Å². The highest BCUT2D eigenvalue weighted by atomic mass is 32.2. The van der Waals surface area contributed by atoms with Crippen LogP contribution in [0.25, 0.3) is 0 Å². The van der Waals surface area contributed by atoms with Gasteiger partial charge in [-0.3, -0.25) is 0 Å². The molecule has 1 heterocycles. The van der Waals surface area contributed by atoms with Crippen molar-refractivity contribution in [2.45, 2.75) is 37.3 Å². The number of sulfonamides is 1. The summed E-state index contributed by atoms with van der Waals surface area (Å²) < 4.78 is 27.0. The molecule has 1 aromatic rings. The molecule has 0 unspecified atom stereocenters. The van der Waals surface area contributed by atoms with Crippen LogP contribution < -0.4 is 10.0 Å². The van der Waals surface area contributed by atoms with Crippen molar-refractivity contribution in [1.82, 2.24) is 9.71 Å². The second-order valence-electron chi connectivity index (χ2n) is 4.55. The van der Waals surface area contributed by atoms with Crippen molar-refractivity contribution in [1.29, 1.82) is 0 Å². The molecule has 1 fully saturated rings. The maximum Gasteiger partial charge on any atom is 0.260 e. The molecule has 2 rings (SSSR count). The third-order valence-electron chi connectivity index (χ3n) is 2.77. The Bertz CT molecular complexity index is 509. The molecular weight excluding hydrogens is 238 g/mol. The maximum atomic E-state index is 12.2. The predicted molar refractivity (Wildman–Crippen MR) is 66.4 cm³/mol. The summed E-state index contributed by atoms with van der Waals surface area (Å²) in [4.78, 5) is 3.97. The Kier molecular flexibility index (Phi) is 3.09. The van der Waals surface area contributed by atoms with Gasteiger partial charge in [-0.2, -0.15) is 0 Å². The van der Waals surface area contributed by atoms with Crippen LogP contribution in [0.15, 0.2) is 23.4 Å². The highest BCUT2D eigenvalue weighted by Crippen LogP contribution is 2.36. The third-order valence-corrected chi connectivity index (χ3v) is 4.37. The van der Waals surface area contributed by atoms with Crippen LogP contribution in [0.5, 0.6) is 0 Å². The summed E-state index contributed by atoms with van der Waals surface area (Å²) in [6.45, 7) is 4.48. The van der Waals surface area contributed by atoms with Crippen molar-refractivity contribution < 1.29 is 8.42 Å². The van der Waals surface area contributed by atoms with Gasteiger partial charge in [-0.1, -0.05) is 0 Å². The highest BCUT2D eigenvalue weighted by molar-refractivity contribution is 7.89. The molecule has 1 aromatic heterocycles. The average Bonchev–Trinajstić information content (AvgIpc) is 2.96. The first-order valence-electron chi connectivity index (χ1n) is 5.70. The van der Waals surface area contributed by atoms with Crippen LogP contribution in [0.4, 0.5) is 5.69 Å². The van der Waals surface area contributed by atoms with Crippen molar-refractivity contribution in [3.63, 3.8) is 0 Å². The summed E-state index contributed by atoms with van der Waals surface area (Å²) in [6, 6.07) is 3.44. The third kappa shape index (κ3) is 2.76. The normalized spacial score (nSPS) is 17.8. The minimum atomic E-state index is -3.53. The predicted octanol–water partition coefficient (Wildman–Crippen LogP) is 1.34. The van der Waals surface area contributed by atoms with Gasteiger partial charge in [-0.15, -0.1) is 0 Å². The maximum absolute atomic E-state index is 12.2. The highest BCUT2D eigenvalue weighted by Gasteiger charge is 2.42. The Hall–Kier alpha value is -1.14. The molecule has 0 atom stereocenters. The van der Waals surface area contributed by atoms with E-state index >= 15 is 0 Å². The molecule has 0 spiro atoms. The number of rotatable bonds is 5. The van der Waals surface area contributed by atoms with Gasteiger partial charge in [-0.25, -0.2) is 18.1 Å². The quantitative estimate of drug-likeness (QED) is 0.833. The van der Waals surface area contributed by atoms with Crippen LogP contribution >= 0.6 is 0 Å². The minimum Gasteiger partial charge on any atom is -0.383 e. The van der Waals surface area contributed by atoms with Crippen molar-refractivity contribution in [3.8, 4) is 0 Å². The van der Waals surface area contributed by atoms with E-state index in [0.717, 1.165) is 12.8 Å². The monoisotopic (exact) mass is 255 g/mol. The molecular formula is C11H17N3O2S.